The third kappa shape index (κ3) is 5.10. The van der Waals surface area contributed by atoms with Crippen molar-refractivity contribution in [3.63, 3.8) is 0 Å². The second kappa shape index (κ2) is 8.50. The monoisotopic (exact) mass is 460 g/mol. The van der Waals surface area contributed by atoms with Crippen LogP contribution in [0.5, 0.6) is 0 Å². The fourth-order valence-corrected chi connectivity index (χ4v) is 2.88. The molecule has 0 saturated heterocycles. The van der Waals surface area contributed by atoms with Gasteiger partial charge in [0.25, 0.3) is 5.91 Å². The summed E-state index contributed by atoms with van der Waals surface area (Å²) < 4.78 is 80.9. The number of rotatable bonds is 5. The smallest absolute Gasteiger partial charge is 0.344 e. The first kappa shape index (κ1) is 22.5. The van der Waals surface area contributed by atoms with E-state index in [1.165, 1.54) is 30.3 Å². The van der Waals surface area contributed by atoms with Crippen molar-refractivity contribution in [3.8, 4) is 11.1 Å². The average Bonchev–Trinajstić information content (AvgIpc) is 2.71. The summed E-state index contributed by atoms with van der Waals surface area (Å²) >= 11 is 5.91. The van der Waals surface area contributed by atoms with Gasteiger partial charge in [0.1, 0.15) is 11.5 Å². The first-order valence-electron chi connectivity index (χ1n) is 8.45. The van der Waals surface area contributed by atoms with E-state index in [2.05, 4.69) is 15.0 Å². The van der Waals surface area contributed by atoms with E-state index in [1.54, 1.807) is 5.32 Å². The highest BCUT2D eigenvalue weighted by Crippen LogP contribution is 2.34. The van der Waals surface area contributed by atoms with Crippen LogP contribution >= 0.6 is 11.6 Å². The van der Waals surface area contributed by atoms with Crippen molar-refractivity contribution in [2.75, 3.05) is 6.54 Å². The Kier molecular flexibility index (Phi) is 6.16. The topological polar surface area (TPSA) is 67.8 Å². The van der Waals surface area contributed by atoms with Gasteiger partial charge in [0.05, 0.1) is 11.6 Å². The van der Waals surface area contributed by atoms with E-state index in [4.69, 9.17) is 11.6 Å². The standard InChI is InChI=1S/C19H11ClF6N4O/c20-13-7-11(10-1-3-12(21)4-2-10)8-29-15(13)18(22,23)9-30-17(31)14-16(19(24,25)26)28-6-5-27-14/h1-8H,9H2,(H,30,31). The van der Waals surface area contributed by atoms with Crippen molar-refractivity contribution >= 4 is 17.5 Å². The number of carbonyl (C=O) groups excluding carboxylic acids is 1. The van der Waals surface area contributed by atoms with E-state index in [0.717, 1.165) is 18.6 Å². The van der Waals surface area contributed by atoms with Gasteiger partial charge in [-0.25, -0.2) is 14.4 Å². The molecule has 3 aromatic rings. The van der Waals surface area contributed by atoms with Gasteiger partial charge in [-0.1, -0.05) is 23.7 Å². The number of hydrogen-bond acceptors (Lipinski definition) is 4. The number of halogens is 7. The lowest BCUT2D eigenvalue weighted by molar-refractivity contribution is -0.141. The second-order valence-electron chi connectivity index (χ2n) is 6.20. The van der Waals surface area contributed by atoms with E-state index in [-0.39, 0.29) is 0 Å². The lowest BCUT2D eigenvalue weighted by Gasteiger charge is -2.18. The molecule has 1 N–H and O–H groups in total. The van der Waals surface area contributed by atoms with Gasteiger partial charge in [0.15, 0.2) is 11.4 Å². The quantitative estimate of drug-likeness (QED) is 0.552. The highest BCUT2D eigenvalue weighted by molar-refractivity contribution is 6.31. The van der Waals surface area contributed by atoms with E-state index in [9.17, 15) is 31.1 Å². The van der Waals surface area contributed by atoms with Gasteiger partial charge in [0.2, 0.25) is 0 Å². The van der Waals surface area contributed by atoms with Gasteiger partial charge in [-0.05, 0) is 23.8 Å². The molecule has 0 aliphatic carbocycles. The summed E-state index contributed by atoms with van der Waals surface area (Å²) in [6.45, 7) is -1.39. The second-order valence-corrected chi connectivity index (χ2v) is 6.61. The van der Waals surface area contributed by atoms with Crippen molar-refractivity contribution in [3.05, 3.63) is 76.8 Å². The zero-order chi connectivity index (χ0) is 22.8. The molecule has 2 aromatic heterocycles. The predicted octanol–water partition coefficient (Wildman–Crippen LogP) is 4.87. The Hall–Kier alpha value is -3.21. The maximum Gasteiger partial charge on any atom is 0.435 e. The summed E-state index contributed by atoms with van der Waals surface area (Å²) in [5.74, 6) is -5.79. The Balaban J connectivity index is 1.78. The van der Waals surface area contributed by atoms with E-state index >= 15 is 0 Å². The average molecular weight is 461 g/mol. The predicted molar refractivity (Wildman–Crippen MR) is 97.9 cm³/mol. The number of amides is 1. The Labute approximate surface area is 176 Å². The van der Waals surface area contributed by atoms with Crippen molar-refractivity contribution in [1.29, 1.82) is 0 Å². The van der Waals surface area contributed by atoms with Crippen molar-refractivity contribution in [1.82, 2.24) is 20.3 Å². The summed E-state index contributed by atoms with van der Waals surface area (Å²) in [6, 6.07) is 6.32. The molecule has 0 fully saturated rings. The van der Waals surface area contributed by atoms with Gasteiger partial charge in [-0.15, -0.1) is 0 Å². The molecule has 1 aromatic carbocycles. The van der Waals surface area contributed by atoms with Gasteiger partial charge in [-0.2, -0.15) is 22.0 Å². The first-order valence-corrected chi connectivity index (χ1v) is 8.83. The number of pyridine rings is 1. The minimum Gasteiger partial charge on any atom is -0.344 e. The van der Waals surface area contributed by atoms with Crippen LogP contribution in [0, 0.1) is 5.82 Å². The van der Waals surface area contributed by atoms with Crippen LogP contribution < -0.4 is 5.32 Å². The molecule has 0 aliphatic heterocycles. The zero-order valence-electron chi connectivity index (χ0n) is 15.2. The number of carbonyl (C=O) groups is 1. The summed E-state index contributed by atoms with van der Waals surface area (Å²) in [5.41, 5.74) is -2.83. The largest absolute Gasteiger partial charge is 0.435 e. The molecule has 0 spiro atoms. The molecule has 0 saturated carbocycles. The van der Waals surface area contributed by atoms with Crippen LogP contribution in [-0.2, 0) is 12.1 Å². The molecular formula is C19H11ClF6N4O. The fourth-order valence-electron chi connectivity index (χ4n) is 2.58. The van der Waals surface area contributed by atoms with Crippen molar-refractivity contribution in [2.24, 2.45) is 0 Å². The molecule has 1 amide bonds. The van der Waals surface area contributed by atoms with Gasteiger partial charge < -0.3 is 5.32 Å². The molecule has 0 unspecified atom stereocenters. The minimum absolute atomic E-state index is 0.336. The zero-order valence-corrected chi connectivity index (χ0v) is 16.0. The molecule has 0 bridgehead atoms. The summed E-state index contributed by atoms with van der Waals surface area (Å²) in [4.78, 5) is 22.0. The molecule has 162 valence electrons. The maximum atomic E-state index is 14.5. The first-order chi connectivity index (χ1) is 14.5. The summed E-state index contributed by atoms with van der Waals surface area (Å²) in [6.07, 6.45) is -2.37. The molecule has 12 heteroatoms. The van der Waals surface area contributed by atoms with Crippen LogP contribution in [0.1, 0.15) is 21.9 Å². The third-order valence-corrected chi connectivity index (χ3v) is 4.31. The number of hydrogen-bond donors (Lipinski definition) is 1. The molecule has 0 atom stereocenters. The van der Waals surface area contributed by atoms with Crippen LogP contribution in [0.4, 0.5) is 26.3 Å². The van der Waals surface area contributed by atoms with Crippen LogP contribution in [0.3, 0.4) is 0 Å². The number of nitrogens with zero attached hydrogens (tertiary/aromatic N) is 3. The summed E-state index contributed by atoms with van der Waals surface area (Å²) in [7, 11) is 0. The number of nitrogens with one attached hydrogen (secondary N) is 1. The molecule has 3 rings (SSSR count). The Morgan fingerprint density at radius 2 is 1.58 bits per heavy atom. The molecule has 31 heavy (non-hydrogen) atoms. The Bertz CT molecular complexity index is 1110. The van der Waals surface area contributed by atoms with Crippen LogP contribution in [0.25, 0.3) is 11.1 Å². The van der Waals surface area contributed by atoms with Gasteiger partial charge >= 0.3 is 12.1 Å². The lowest BCUT2D eigenvalue weighted by Crippen LogP contribution is -2.37. The molecule has 0 radical (unpaired) electrons. The molecular weight excluding hydrogens is 450 g/mol. The van der Waals surface area contributed by atoms with Crippen LogP contribution in [0.15, 0.2) is 48.9 Å². The summed E-state index contributed by atoms with van der Waals surface area (Å²) in [5, 5.41) is 1.25. The fraction of sp³-hybridized carbons (Fsp3) is 0.158. The van der Waals surface area contributed by atoms with E-state index in [0.29, 0.717) is 11.1 Å². The molecule has 0 aliphatic rings. The van der Waals surface area contributed by atoms with Gasteiger partial charge in [-0.3, -0.25) is 9.78 Å². The normalized spacial score (nSPS) is 12.0. The van der Waals surface area contributed by atoms with Crippen LogP contribution in [0.2, 0.25) is 5.02 Å². The van der Waals surface area contributed by atoms with Gasteiger partial charge in [0, 0.05) is 24.2 Å². The minimum atomic E-state index is -5.00. The lowest BCUT2D eigenvalue weighted by atomic mass is 10.1. The number of benzene rings is 1. The Morgan fingerprint density at radius 3 is 2.19 bits per heavy atom. The maximum absolute atomic E-state index is 14.5. The molecule has 2 heterocycles. The van der Waals surface area contributed by atoms with Crippen molar-refractivity contribution in [2.45, 2.75) is 12.1 Å². The number of aromatic nitrogens is 3. The van der Waals surface area contributed by atoms with E-state index < -0.39 is 52.5 Å². The van der Waals surface area contributed by atoms with E-state index in [1.807, 2.05) is 0 Å². The number of alkyl halides is 5. The third-order valence-electron chi connectivity index (χ3n) is 4.02. The highest BCUT2D eigenvalue weighted by Gasteiger charge is 2.40. The SMILES string of the molecule is O=C(NCC(F)(F)c1ncc(-c2ccc(F)cc2)cc1Cl)c1nccnc1C(F)(F)F. The Morgan fingerprint density at radius 1 is 0.935 bits per heavy atom. The van der Waals surface area contributed by atoms with Crippen molar-refractivity contribution < 1.29 is 31.1 Å². The molecule has 5 nitrogen and oxygen atoms in total. The highest BCUT2D eigenvalue weighted by atomic mass is 35.5. The van der Waals surface area contributed by atoms with Crippen LogP contribution in [-0.4, -0.2) is 27.4 Å².